The van der Waals surface area contributed by atoms with Gasteiger partial charge in [0.05, 0.1) is 6.61 Å². The molecule has 0 unspecified atom stereocenters. The summed E-state index contributed by atoms with van der Waals surface area (Å²) >= 11 is 2.02. The zero-order valence-electron chi connectivity index (χ0n) is 13.9. The van der Waals surface area contributed by atoms with Crippen LogP contribution in [0.1, 0.15) is 26.7 Å². The van der Waals surface area contributed by atoms with Crippen LogP contribution in [0.3, 0.4) is 0 Å². The van der Waals surface area contributed by atoms with Crippen molar-refractivity contribution >= 4 is 41.7 Å². The van der Waals surface area contributed by atoms with Crippen LogP contribution in [-0.2, 0) is 4.74 Å². The number of aliphatic hydroxyl groups excluding tert-OH is 1. The molecule has 130 valence electrons. The number of guanidine groups is 1. The van der Waals surface area contributed by atoms with Crippen LogP contribution in [0.4, 0.5) is 0 Å². The molecule has 0 atom stereocenters. The molecule has 0 aromatic heterocycles. The molecular formula is C15H30IN3O2S. The molecule has 0 aromatic carbocycles. The Labute approximate surface area is 155 Å². The van der Waals surface area contributed by atoms with E-state index in [-0.39, 0.29) is 40.7 Å². The van der Waals surface area contributed by atoms with Gasteiger partial charge in [-0.15, -0.1) is 24.0 Å². The van der Waals surface area contributed by atoms with Crippen LogP contribution in [0.2, 0.25) is 0 Å². The summed E-state index contributed by atoms with van der Waals surface area (Å²) in [5, 5.41) is 13.3. The number of halogens is 1. The molecule has 0 bridgehead atoms. The van der Waals surface area contributed by atoms with Gasteiger partial charge in [-0.3, -0.25) is 4.99 Å². The molecule has 0 aliphatic carbocycles. The molecule has 7 heteroatoms. The topological polar surface area (TPSA) is 57.1 Å². The number of nitrogens with one attached hydrogen (secondary N) is 1. The maximum absolute atomic E-state index is 9.77. The van der Waals surface area contributed by atoms with E-state index in [1.807, 2.05) is 18.8 Å². The maximum Gasteiger partial charge on any atom is 0.193 e. The molecule has 2 rings (SSSR count). The van der Waals surface area contributed by atoms with Crippen molar-refractivity contribution in [1.82, 2.24) is 10.2 Å². The first kappa shape index (κ1) is 20.3. The van der Waals surface area contributed by atoms with Gasteiger partial charge >= 0.3 is 0 Å². The molecular weight excluding hydrogens is 413 g/mol. The second-order valence-electron chi connectivity index (χ2n) is 6.70. The summed E-state index contributed by atoms with van der Waals surface area (Å²) in [6.07, 6.45) is 1.82. The van der Waals surface area contributed by atoms with Gasteiger partial charge in [0.2, 0.25) is 0 Å². The minimum absolute atomic E-state index is 0. The molecule has 2 fully saturated rings. The van der Waals surface area contributed by atoms with Crippen molar-refractivity contribution in [3.63, 3.8) is 0 Å². The highest BCUT2D eigenvalue weighted by Crippen LogP contribution is 2.31. The van der Waals surface area contributed by atoms with E-state index in [0.29, 0.717) is 0 Å². The van der Waals surface area contributed by atoms with Crippen LogP contribution in [0.15, 0.2) is 4.99 Å². The van der Waals surface area contributed by atoms with Crippen LogP contribution >= 0.6 is 35.7 Å². The van der Waals surface area contributed by atoms with E-state index in [0.717, 1.165) is 57.4 Å². The van der Waals surface area contributed by atoms with E-state index >= 15 is 0 Å². The van der Waals surface area contributed by atoms with Crippen LogP contribution in [0.5, 0.6) is 0 Å². The number of rotatable bonds is 3. The van der Waals surface area contributed by atoms with Crippen molar-refractivity contribution in [2.24, 2.45) is 10.4 Å². The van der Waals surface area contributed by atoms with Crippen molar-refractivity contribution in [2.45, 2.75) is 31.4 Å². The summed E-state index contributed by atoms with van der Waals surface area (Å²) < 4.78 is 5.69. The lowest BCUT2D eigenvalue weighted by molar-refractivity contribution is -0.0134. The summed E-state index contributed by atoms with van der Waals surface area (Å²) in [5.74, 6) is 2.09. The van der Waals surface area contributed by atoms with Gasteiger partial charge in [-0.25, -0.2) is 0 Å². The molecule has 2 aliphatic heterocycles. The highest BCUT2D eigenvalue weighted by atomic mass is 127. The predicted octanol–water partition coefficient (Wildman–Crippen LogP) is 1.80. The molecule has 0 spiro atoms. The molecule has 2 N–H and O–H groups in total. The van der Waals surface area contributed by atoms with Crippen molar-refractivity contribution in [2.75, 3.05) is 52.3 Å². The standard InChI is InChI=1S/C15H29N3O2S.HI/c1-14(2)11-18(6-9-21-14)13(16-3)17-10-15(12-19)4-7-20-8-5-15;/h19H,4-12H2,1-3H3,(H,16,17);1H. The Morgan fingerprint density at radius 2 is 2.05 bits per heavy atom. The van der Waals surface area contributed by atoms with E-state index < -0.39 is 0 Å². The summed E-state index contributed by atoms with van der Waals surface area (Å²) in [6.45, 7) is 9.07. The Balaban J connectivity index is 0.00000242. The van der Waals surface area contributed by atoms with E-state index in [2.05, 4.69) is 29.1 Å². The Morgan fingerprint density at radius 3 is 2.59 bits per heavy atom. The monoisotopic (exact) mass is 443 g/mol. The zero-order valence-corrected chi connectivity index (χ0v) is 17.1. The maximum atomic E-state index is 9.77. The lowest BCUT2D eigenvalue weighted by Crippen LogP contribution is -2.53. The first-order chi connectivity index (χ1) is 10.0. The fourth-order valence-electron chi connectivity index (χ4n) is 2.99. The lowest BCUT2D eigenvalue weighted by Gasteiger charge is -2.41. The average Bonchev–Trinajstić information content (AvgIpc) is 2.48. The third-order valence-electron chi connectivity index (χ3n) is 4.45. The molecule has 0 saturated carbocycles. The highest BCUT2D eigenvalue weighted by Gasteiger charge is 2.34. The highest BCUT2D eigenvalue weighted by molar-refractivity contribution is 14.0. The quantitative estimate of drug-likeness (QED) is 0.396. The molecule has 0 radical (unpaired) electrons. The normalized spacial score (nSPS) is 24.5. The number of hydrogen-bond donors (Lipinski definition) is 2. The van der Waals surface area contributed by atoms with Gasteiger partial charge in [0.15, 0.2) is 5.96 Å². The first-order valence-electron chi connectivity index (χ1n) is 7.78. The number of nitrogens with zero attached hydrogens (tertiary/aromatic N) is 2. The Hall–Kier alpha value is 0.270. The summed E-state index contributed by atoms with van der Waals surface area (Å²) in [4.78, 5) is 6.77. The van der Waals surface area contributed by atoms with Gasteiger partial charge in [0.25, 0.3) is 0 Å². The summed E-state index contributed by atoms with van der Waals surface area (Å²) in [7, 11) is 1.84. The molecule has 2 saturated heterocycles. The number of ether oxygens (including phenoxy) is 1. The minimum atomic E-state index is -0.0613. The second kappa shape index (κ2) is 8.94. The molecule has 0 amide bonds. The van der Waals surface area contributed by atoms with Crippen LogP contribution in [0, 0.1) is 5.41 Å². The third-order valence-corrected chi connectivity index (χ3v) is 5.74. The van der Waals surface area contributed by atoms with Crippen LogP contribution in [0.25, 0.3) is 0 Å². The van der Waals surface area contributed by atoms with Crippen LogP contribution < -0.4 is 5.32 Å². The van der Waals surface area contributed by atoms with Gasteiger partial charge in [-0.2, -0.15) is 11.8 Å². The van der Waals surface area contributed by atoms with Gasteiger partial charge < -0.3 is 20.1 Å². The van der Waals surface area contributed by atoms with Gasteiger partial charge in [-0.05, 0) is 26.7 Å². The molecule has 2 aliphatic rings. The van der Waals surface area contributed by atoms with E-state index in [1.54, 1.807) is 0 Å². The number of aliphatic hydroxyl groups is 1. The zero-order chi connectivity index (χ0) is 15.3. The van der Waals surface area contributed by atoms with E-state index in [1.165, 1.54) is 0 Å². The SMILES string of the molecule is CN=C(NCC1(CO)CCOCC1)N1CCSC(C)(C)C1.I. The van der Waals surface area contributed by atoms with Crippen molar-refractivity contribution in [1.29, 1.82) is 0 Å². The third kappa shape index (κ3) is 5.42. The average molecular weight is 443 g/mol. The molecule has 5 nitrogen and oxygen atoms in total. The fourth-order valence-corrected chi connectivity index (χ4v) is 4.10. The summed E-state index contributed by atoms with van der Waals surface area (Å²) in [6, 6.07) is 0. The number of thioether (sulfide) groups is 1. The van der Waals surface area contributed by atoms with Crippen LogP contribution in [-0.4, -0.2) is 73.0 Å². The van der Waals surface area contributed by atoms with Gasteiger partial charge in [0.1, 0.15) is 0 Å². The van der Waals surface area contributed by atoms with Gasteiger partial charge in [-0.1, -0.05) is 0 Å². The summed E-state index contributed by atoms with van der Waals surface area (Å²) in [5.41, 5.74) is -0.0613. The lowest BCUT2D eigenvalue weighted by atomic mass is 9.81. The molecule has 2 heterocycles. The van der Waals surface area contributed by atoms with E-state index in [9.17, 15) is 5.11 Å². The van der Waals surface area contributed by atoms with Crippen molar-refractivity contribution in [3.05, 3.63) is 0 Å². The number of hydrogen-bond acceptors (Lipinski definition) is 4. The molecule has 22 heavy (non-hydrogen) atoms. The van der Waals surface area contributed by atoms with E-state index in [4.69, 9.17) is 4.74 Å². The van der Waals surface area contributed by atoms with Crippen molar-refractivity contribution in [3.8, 4) is 0 Å². The smallest absolute Gasteiger partial charge is 0.193 e. The first-order valence-corrected chi connectivity index (χ1v) is 8.77. The fraction of sp³-hybridized carbons (Fsp3) is 0.933. The Bertz CT molecular complexity index is 374. The van der Waals surface area contributed by atoms with Crippen molar-refractivity contribution < 1.29 is 9.84 Å². The largest absolute Gasteiger partial charge is 0.396 e. The minimum Gasteiger partial charge on any atom is -0.396 e. The second-order valence-corrected chi connectivity index (χ2v) is 8.50. The molecule has 0 aromatic rings. The Morgan fingerprint density at radius 1 is 1.36 bits per heavy atom. The Kier molecular flexibility index (Phi) is 8.25. The van der Waals surface area contributed by atoms with Gasteiger partial charge in [0, 0.05) is 55.8 Å². The number of aliphatic imine (C=N–C) groups is 1. The predicted molar refractivity (Wildman–Crippen MR) is 104 cm³/mol.